The average molecular weight is 371 g/mol. The number of fused-ring (bicyclic) bond motifs is 1. The van der Waals surface area contributed by atoms with Crippen molar-refractivity contribution >= 4 is 23.1 Å². The molecule has 0 spiro atoms. The van der Waals surface area contributed by atoms with Gasteiger partial charge in [-0.15, -0.1) is 0 Å². The first-order valence-corrected chi connectivity index (χ1v) is 9.81. The molecule has 0 aliphatic carbocycles. The molecule has 1 amide bonds. The predicted octanol–water partition coefficient (Wildman–Crippen LogP) is 5.07. The van der Waals surface area contributed by atoms with Crippen molar-refractivity contribution in [2.24, 2.45) is 0 Å². The van der Waals surface area contributed by atoms with Crippen LogP contribution in [0.5, 0.6) is 0 Å². The molecule has 0 unspecified atom stereocenters. The maximum absolute atomic E-state index is 12.5. The molecule has 1 N–H and O–H groups in total. The standard InChI is InChI=1S/C22H17N3OS/c26-19-13-18(16-11-12-27-14-16)20-21(15-7-3-1-4-8-15)24-25(22(20)23-19)17-9-5-2-6-10-17/h1-12,14,18H,13H2,(H,23,26)/t18-/m0/s1. The van der Waals surface area contributed by atoms with Crippen LogP contribution in [0.25, 0.3) is 16.9 Å². The van der Waals surface area contributed by atoms with Crippen LogP contribution in [0.4, 0.5) is 5.82 Å². The van der Waals surface area contributed by atoms with Crippen molar-refractivity contribution in [1.82, 2.24) is 9.78 Å². The molecule has 0 saturated heterocycles. The third-order valence-corrected chi connectivity index (χ3v) is 5.61. The number of hydrogen-bond acceptors (Lipinski definition) is 3. The van der Waals surface area contributed by atoms with Crippen LogP contribution in [0.2, 0.25) is 0 Å². The first-order valence-electron chi connectivity index (χ1n) is 8.87. The third-order valence-electron chi connectivity index (χ3n) is 4.91. The van der Waals surface area contributed by atoms with Crippen LogP contribution in [0.3, 0.4) is 0 Å². The minimum absolute atomic E-state index is 0.00710. The van der Waals surface area contributed by atoms with E-state index in [9.17, 15) is 4.79 Å². The van der Waals surface area contributed by atoms with E-state index in [0.29, 0.717) is 6.42 Å². The van der Waals surface area contributed by atoms with E-state index in [0.717, 1.165) is 28.3 Å². The second kappa shape index (κ2) is 6.52. The lowest BCUT2D eigenvalue weighted by molar-refractivity contribution is -0.116. The summed E-state index contributed by atoms with van der Waals surface area (Å²) in [6, 6.07) is 22.2. The van der Waals surface area contributed by atoms with Gasteiger partial charge in [-0.05, 0) is 34.5 Å². The van der Waals surface area contributed by atoms with Gasteiger partial charge in [0.2, 0.25) is 5.91 Å². The second-order valence-electron chi connectivity index (χ2n) is 6.59. The number of carbonyl (C=O) groups excluding carboxylic acids is 1. The summed E-state index contributed by atoms with van der Waals surface area (Å²) in [7, 11) is 0. The van der Waals surface area contributed by atoms with Crippen LogP contribution in [0.15, 0.2) is 77.5 Å². The van der Waals surface area contributed by atoms with Gasteiger partial charge in [-0.1, -0.05) is 48.5 Å². The van der Waals surface area contributed by atoms with Crippen molar-refractivity contribution in [2.75, 3.05) is 5.32 Å². The van der Waals surface area contributed by atoms with Gasteiger partial charge < -0.3 is 5.32 Å². The summed E-state index contributed by atoms with van der Waals surface area (Å²) in [6.07, 6.45) is 0.435. The summed E-state index contributed by atoms with van der Waals surface area (Å²) < 4.78 is 1.86. The zero-order chi connectivity index (χ0) is 18.2. The molecule has 5 rings (SSSR count). The van der Waals surface area contributed by atoms with Gasteiger partial charge in [-0.2, -0.15) is 16.4 Å². The number of benzene rings is 2. The molecule has 0 radical (unpaired) electrons. The van der Waals surface area contributed by atoms with Gasteiger partial charge >= 0.3 is 0 Å². The molecular weight excluding hydrogens is 354 g/mol. The molecule has 1 atom stereocenters. The lowest BCUT2D eigenvalue weighted by Crippen LogP contribution is -2.24. The molecule has 132 valence electrons. The van der Waals surface area contributed by atoms with E-state index in [1.165, 1.54) is 5.56 Å². The summed E-state index contributed by atoms with van der Waals surface area (Å²) in [5.41, 5.74) is 5.16. The smallest absolute Gasteiger partial charge is 0.226 e. The number of nitrogens with zero attached hydrogens (tertiary/aromatic N) is 2. The summed E-state index contributed by atoms with van der Waals surface area (Å²) in [5.74, 6) is 0.801. The summed E-state index contributed by atoms with van der Waals surface area (Å²) in [6.45, 7) is 0. The number of amides is 1. The Hall–Kier alpha value is -3.18. The van der Waals surface area contributed by atoms with Gasteiger partial charge in [0.1, 0.15) is 5.82 Å². The molecule has 5 heteroatoms. The van der Waals surface area contributed by atoms with E-state index in [4.69, 9.17) is 5.10 Å². The van der Waals surface area contributed by atoms with Crippen LogP contribution >= 0.6 is 11.3 Å². The summed E-state index contributed by atoms with van der Waals surface area (Å²) in [5, 5.41) is 12.2. The SMILES string of the molecule is O=C1C[C@@H](c2ccsc2)c2c(-c3ccccc3)nn(-c3ccccc3)c2N1. The monoisotopic (exact) mass is 371 g/mol. The maximum atomic E-state index is 12.5. The molecule has 2 aromatic carbocycles. The van der Waals surface area contributed by atoms with Crippen molar-refractivity contribution in [2.45, 2.75) is 12.3 Å². The molecule has 2 aromatic heterocycles. The van der Waals surface area contributed by atoms with Crippen molar-refractivity contribution in [3.63, 3.8) is 0 Å². The topological polar surface area (TPSA) is 46.9 Å². The molecule has 0 saturated carbocycles. The third kappa shape index (κ3) is 2.76. The Morgan fingerprint density at radius 1 is 1.00 bits per heavy atom. The molecule has 4 aromatic rings. The number of hydrogen-bond donors (Lipinski definition) is 1. The quantitative estimate of drug-likeness (QED) is 0.546. The van der Waals surface area contributed by atoms with E-state index < -0.39 is 0 Å². The van der Waals surface area contributed by atoms with Gasteiger partial charge in [0.05, 0.1) is 11.4 Å². The van der Waals surface area contributed by atoms with Crippen LogP contribution in [-0.4, -0.2) is 15.7 Å². The van der Waals surface area contributed by atoms with E-state index >= 15 is 0 Å². The highest BCUT2D eigenvalue weighted by atomic mass is 32.1. The van der Waals surface area contributed by atoms with Gasteiger partial charge in [-0.25, -0.2) is 4.68 Å². The fourth-order valence-electron chi connectivity index (χ4n) is 3.67. The zero-order valence-corrected chi connectivity index (χ0v) is 15.3. The largest absolute Gasteiger partial charge is 0.310 e. The van der Waals surface area contributed by atoms with Gasteiger partial charge in [-0.3, -0.25) is 4.79 Å². The first-order chi connectivity index (χ1) is 13.3. The number of anilines is 1. The van der Waals surface area contributed by atoms with Crippen molar-refractivity contribution in [1.29, 1.82) is 0 Å². The number of aromatic nitrogens is 2. The molecular formula is C22H17N3OS. The molecule has 27 heavy (non-hydrogen) atoms. The molecule has 0 bridgehead atoms. The molecule has 1 aliphatic heterocycles. The fourth-order valence-corrected chi connectivity index (χ4v) is 4.39. The van der Waals surface area contributed by atoms with Crippen molar-refractivity contribution in [3.8, 4) is 16.9 Å². The zero-order valence-electron chi connectivity index (χ0n) is 14.5. The Bertz CT molecular complexity index is 1090. The van der Waals surface area contributed by atoms with E-state index in [1.807, 2.05) is 53.2 Å². The van der Waals surface area contributed by atoms with Gasteiger partial charge in [0, 0.05) is 23.5 Å². The second-order valence-corrected chi connectivity index (χ2v) is 7.37. The Morgan fingerprint density at radius 2 is 1.74 bits per heavy atom. The van der Waals surface area contributed by atoms with Crippen molar-refractivity contribution < 1.29 is 4.79 Å². The van der Waals surface area contributed by atoms with E-state index in [-0.39, 0.29) is 11.8 Å². The number of rotatable bonds is 3. The van der Waals surface area contributed by atoms with Crippen LogP contribution in [0.1, 0.15) is 23.5 Å². The van der Waals surface area contributed by atoms with Crippen LogP contribution in [-0.2, 0) is 4.79 Å². The highest BCUT2D eigenvalue weighted by Gasteiger charge is 2.34. The van der Waals surface area contributed by atoms with E-state index in [2.05, 4.69) is 34.3 Å². The average Bonchev–Trinajstić information content (AvgIpc) is 3.37. The lowest BCUT2D eigenvalue weighted by Gasteiger charge is -2.24. The minimum atomic E-state index is 0.00710. The van der Waals surface area contributed by atoms with Gasteiger partial charge in [0.25, 0.3) is 0 Å². The number of nitrogens with one attached hydrogen (secondary N) is 1. The van der Waals surface area contributed by atoms with Crippen LogP contribution in [0, 0.1) is 0 Å². The molecule has 0 fully saturated rings. The Balaban J connectivity index is 1.79. The maximum Gasteiger partial charge on any atom is 0.226 e. The van der Waals surface area contributed by atoms with E-state index in [1.54, 1.807) is 11.3 Å². The number of thiophene rings is 1. The molecule has 3 heterocycles. The molecule has 4 nitrogen and oxygen atoms in total. The van der Waals surface area contributed by atoms with Gasteiger partial charge in [0.15, 0.2) is 0 Å². The van der Waals surface area contributed by atoms with Crippen molar-refractivity contribution in [3.05, 3.63) is 88.6 Å². The minimum Gasteiger partial charge on any atom is -0.310 e. The fraction of sp³-hybridized carbons (Fsp3) is 0.0909. The lowest BCUT2D eigenvalue weighted by atomic mass is 9.86. The number of carbonyl (C=O) groups is 1. The number of para-hydroxylation sites is 1. The highest BCUT2D eigenvalue weighted by Crippen LogP contribution is 2.44. The summed E-state index contributed by atoms with van der Waals surface area (Å²) in [4.78, 5) is 12.5. The predicted molar refractivity (Wildman–Crippen MR) is 108 cm³/mol. The highest BCUT2D eigenvalue weighted by molar-refractivity contribution is 7.08. The summed E-state index contributed by atoms with van der Waals surface area (Å²) >= 11 is 1.66. The normalized spacial score (nSPS) is 16.0. The first kappa shape index (κ1) is 16.0. The Kier molecular flexibility index (Phi) is 3.87. The Labute approximate surface area is 161 Å². The van der Waals surface area contributed by atoms with Crippen LogP contribution < -0.4 is 5.32 Å². The molecule has 1 aliphatic rings. The Morgan fingerprint density at radius 3 is 2.44 bits per heavy atom.